The highest BCUT2D eigenvalue weighted by Crippen LogP contribution is 2.56. The smallest absolute Gasteiger partial charge is 0.224 e. The molecule has 140 valence electrons. The van der Waals surface area contributed by atoms with Crippen molar-refractivity contribution in [1.82, 2.24) is 15.0 Å². The van der Waals surface area contributed by atoms with Crippen LogP contribution in [0.15, 0.2) is 24.3 Å². The quantitative estimate of drug-likeness (QED) is 0.657. The molecular weight excluding hydrogens is 354 g/mol. The Morgan fingerprint density at radius 2 is 1.96 bits per heavy atom. The maximum absolute atomic E-state index is 4.88. The van der Waals surface area contributed by atoms with Crippen molar-refractivity contribution in [3.63, 3.8) is 0 Å². The van der Waals surface area contributed by atoms with Crippen molar-refractivity contribution in [3.8, 4) is 10.6 Å². The van der Waals surface area contributed by atoms with E-state index in [1.54, 1.807) is 11.3 Å². The summed E-state index contributed by atoms with van der Waals surface area (Å²) in [6.07, 6.45) is 2.59. The van der Waals surface area contributed by atoms with Gasteiger partial charge in [-0.05, 0) is 56.6 Å². The second kappa shape index (κ2) is 6.44. The van der Waals surface area contributed by atoms with Crippen LogP contribution in [0.1, 0.15) is 32.4 Å². The zero-order valence-corrected chi connectivity index (χ0v) is 16.8. The zero-order valence-electron chi connectivity index (χ0n) is 16.0. The molecule has 27 heavy (non-hydrogen) atoms. The van der Waals surface area contributed by atoms with Gasteiger partial charge in [0.15, 0.2) is 0 Å². The summed E-state index contributed by atoms with van der Waals surface area (Å²) in [6.45, 7) is 7.33. The monoisotopic (exact) mass is 379 g/mol. The number of hydrogen-bond donors (Lipinski definition) is 2. The van der Waals surface area contributed by atoms with Crippen molar-refractivity contribution in [2.24, 2.45) is 17.8 Å². The predicted molar refractivity (Wildman–Crippen MR) is 112 cm³/mol. The molecule has 2 fully saturated rings. The van der Waals surface area contributed by atoms with Gasteiger partial charge in [0.25, 0.3) is 0 Å². The Hall–Kier alpha value is -2.21. The molecule has 6 heteroatoms. The molecule has 2 saturated carbocycles. The Labute approximate surface area is 163 Å². The van der Waals surface area contributed by atoms with Crippen LogP contribution in [0, 0.1) is 24.7 Å². The van der Waals surface area contributed by atoms with Gasteiger partial charge in [0.05, 0.1) is 21.5 Å². The van der Waals surface area contributed by atoms with Gasteiger partial charge in [-0.3, -0.25) is 0 Å². The van der Waals surface area contributed by atoms with E-state index in [9.17, 15) is 0 Å². The van der Waals surface area contributed by atoms with E-state index in [0.29, 0.717) is 12.0 Å². The predicted octanol–water partition coefficient (Wildman–Crippen LogP) is 4.95. The normalized spacial score (nSPS) is 26.2. The summed E-state index contributed by atoms with van der Waals surface area (Å²) in [4.78, 5) is 14.4. The van der Waals surface area contributed by atoms with Crippen molar-refractivity contribution in [3.05, 3.63) is 30.0 Å². The molecule has 2 N–H and O–H groups in total. The van der Waals surface area contributed by atoms with E-state index in [0.717, 1.165) is 51.9 Å². The summed E-state index contributed by atoms with van der Waals surface area (Å²) in [5.41, 5.74) is 3.06. The first-order valence-electron chi connectivity index (χ1n) is 9.89. The SMILES string of the molecule is CCNc1nc(C)c(-c2nc3ccccc3s2)c(N[C@H]2C[C@H](C)[C@@H]3C[C@@H]32)n1. The van der Waals surface area contributed by atoms with Crippen LogP contribution in [0.25, 0.3) is 20.8 Å². The Bertz CT molecular complexity index is 964. The van der Waals surface area contributed by atoms with Crippen LogP contribution in [0.3, 0.4) is 0 Å². The Kier molecular flexibility index (Phi) is 4.04. The van der Waals surface area contributed by atoms with Gasteiger partial charge in [-0.2, -0.15) is 4.98 Å². The first-order valence-corrected chi connectivity index (χ1v) is 10.7. The number of thiazole rings is 1. The van der Waals surface area contributed by atoms with Crippen molar-refractivity contribution in [2.75, 3.05) is 17.2 Å². The van der Waals surface area contributed by atoms with Gasteiger partial charge in [0.1, 0.15) is 10.8 Å². The van der Waals surface area contributed by atoms with Crippen molar-refractivity contribution >= 4 is 33.3 Å². The Morgan fingerprint density at radius 3 is 2.67 bits per heavy atom. The topological polar surface area (TPSA) is 62.7 Å². The van der Waals surface area contributed by atoms with E-state index in [1.807, 2.05) is 6.07 Å². The molecule has 0 spiro atoms. The van der Waals surface area contributed by atoms with Crippen molar-refractivity contribution in [2.45, 2.75) is 39.7 Å². The fourth-order valence-corrected chi connectivity index (χ4v) is 5.66. The molecule has 3 aromatic rings. The minimum absolute atomic E-state index is 0.516. The zero-order chi connectivity index (χ0) is 18.5. The molecule has 4 atom stereocenters. The lowest BCUT2D eigenvalue weighted by molar-refractivity contribution is 0.514. The van der Waals surface area contributed by atoms with E-state index >= 15 is 0 Å². The summed E-state index contributed by atoms with van der Waals surface area (Å²) < 4.78 is 1.20. The molecular formula is C21H25N5S. The molecule has 5 nitrogen and oxygen atoms in total. The second-order valence-electron chi connectivity index (χ2n) is 7.90. The van der Waals surface area contributed by atoms with E-state index in [4.69, 9.17) is 15.0 Å². The molecule has 2 aromatic heterocycles. The van der Waals surface area contributed by atoms with Crippen LogP contribution in [0.2, 0.25) is 0 Å². The van der Waals surface area contributed by atoms with Crippen LogP contribution in [0.5, 0.6) is 0 Å². The molecule has 0 radical (unpaired) electrons. The largest absolute Gasteiger partial charge is 0.366 e. The fourth-order valence-electron chi connectivity index (χ4n) is 4.59. The number of aromatic nitrogens is 3. The van der Waals surface area contributed by atoms with Gasteiger partial charge >= 0.3 is 0 Å². The minimum Gasteiger partial charge on any atom is -0.366 e. The maximum atomic E-state index is 4.88. The molecule has 5 rings (SSSR count). The van der Waals surface area contributed by atoms with Crippen LogP contribution in [0.4, 0.5) is 11.8 Å². The van der Waals surface area contributed by atoms with Crippen LogP contribution in [-0.4, -0.2) is 27.5 Å². The number of aryl methyl sites for hydroxylation is 1. The highest BCUT2D eigenvalue weighted by molar-refractivity contribution is 7.21. The second-order valence-corrected chi connectivity index (χ2v) is 8.93. The number of nitrogens with zero attached hydrogens (tertiary/aromatic N) is 3. The summed E-state index contributed by atoms with van der Waals surface area (Å²) in [5.74, 6) is 4.16. The van der Waals surface area contributed by atoms with Gasteiger partial charge in [0, 0.05) is 12.6 Å². The lowest BCUT2D eigenvalue weighted by Crippen LogP contribution is -2.22. The van der Waals surface area contributed by atoms with Gasteiger partial charge in [-0.15, -0.1) is 11.3 Å². The van der Waals surface area contributed by atoms with E-state index in [1.165, 1.54) is 17.5 Å². The Balaban J connectivity index is 1.58. The third-order valence-electron chi connectivity index (χ3n) is 6.02. The molecule has 0 bridgehead atoms. The number of rotatable bonds is 5. The minimum atomic E-state index is 0.516. The first-order chi connectivity index (χ1) is 13.1. The molecule has 2 heterocycles. The van der Waals surface area contributed by atoms with Gasteiger partial charge in [-0.1, -0.05) is 19.1 Å². The summed E-state index contributed by atoms with van der Waals surface area (Å²) >= 11 is 1.72. The third kappa shape index (κ3) is 2.96. The summed E-state index contributed by atoms with van der Waals surface area (Å²) in [6, 6.07) is 8.81. The molecule has 1 aromatic carbocycles. The number of fused-ring (bicyclic) bond motifs is 2. The summed E-state index contributed by atoms with van der Waals surface area (Å²) in [5, 5.41) is 8.06. The third-order valence-corrected chi connectivity index (χ3v) is 7.07. The van der Waals surface area contributed by atoms with Gasteiger partial charge in [-0.25, -0.2) is 9.97 Å². The van der Waals surface area contributed by atoms with Crippen molar-refractivity contribution < 1.29 is 0 Å². The van der Waals surface area contributed by atoms with Crippen molar-refractivity contribution in [1.29, 1.82) is 0 Å². The molecule has 0 saturated heterocycles. The molecule has 2 aliphatic rings. The number of para-hydroxylation sites is 1. The lowest BCUT2D eigenvalue weighted by Gasteiger charge is -2.20. The molecule has 0 aliphatic heterocycles. The first kappa shape index (κ1) is 16.9. The number of nitrogens with one attached hydrogen (secondary N) is 2. The number of hydrogen-bond acceptors (Lipinski definition) is 6. The van der Waals surface area contributed by atoms with Crippen LogP contribution < -0.4 is 10.6 Å². The lowest BCUT2D eigenvalue weighted by atomic mass is 10.0. The average molecular weight is 380 g/mol. The van der Waals surface area contributed by atoms with Crippen LogP contribution in [-0.2, 0) is 0 Å². The highest BCUT2D eigenvalue weighted by Gasteiger charge is 2.52. The number of benzene rings is 1. The molecule has 0 amide bonds. The molecule has 2 aliphatic carbocycles. The fraction of sp³-hybridized carbons (Fsp3) is 0.476. The molecule has 0 unspecified atom stereocenters. The number of anilines is 2. The van der Waals surface area contributed by atoms with E-state index in [-0.39, 0.29) is 0 Å². The van der Waals surface area contributed by atoms with Gasteiger partial charge < -0.3 is 10.6 Å². The Morgan fingerprint density at radius 1 is 1.11 bits per heavy atom. The van der Waals surface area contributed by atoms with Crippen LogP contribution >= 0.6 is 11.3 Å². The highest BCUT2D eigenvalue weighted by atomic mass is 32.1. The van der Waals surface area contributed by atoms with Gasteiger partial charge in [0.2, 0.25) is 5.95 Å². The summed E-state index contributed by atoms with van der Waals surface area (Å²) in [7, 11) is 0. The van der Waals surface area contributed by atoms with E-state index < -0.39 is 0 Å². The average Bonchev–Trinajstić information content (AvgIpc) is 3.24. The maximum Gasteiger partial charge on any atom is 0.224 e. The standard InChI is InChI=1S/C21H25N5S/c1-4-22-21-23-12(3)18(20-25-15-7-5-6-8-17(15)27-20)19(26-21)24-16-9-11(2)13-10-14(13)16/h5-8,11,13-14,16H,4,9-10H2,1-3H3,(H2,22,23,24,26)/t11-,13-,14-,16-/m0/s1. The van der Waals surface area contributed by atoms with E-state index in [2.05, 4.69) is 49.6 Å².